The van der Waals surface area contributed by atoms with Crippen molar-refractivity contribution in [2.24, 2.45) is 0 Å². The highest BCUT2D eigenvalue weighted by Crippen LogP contribution is 2.39. The molecule has 0 radical (unpaired) electrons. The minimum Gasteiger partial charge on any atom is -0.478 e. The summed E-state index contributed by atoms with van der Waals surface area (Å²) in [5, 5.41) is 10.2. The van der Waals surface area contributed by atoms with Gasteiger partial charge in [0, 0.05) is 10.6 Å². The van der Waals surface area contributed by atoms with Crippen molar-refractivity contribution in [2.45, 2.75) is 0 Å². The third-order valence-electron chi connectivity index (χ3n) is 2.54. The second-order valence-electron chi connectivity index (χ2n) is 3.72. The summed E-state index contributed by atoms with van der Waals surface area (Å²) in [5.41, 5.74) is 0.971. The summed E-state index contributed by atoms with van der Waals surface area (Å²) in [7, 11) is 0. The van der Waals surface area contributed by atoms with Crippen LogP contribution in [0.5, 0.6) is 0 Å². The first-order chi connectivity index (χ1) is 8.91. The fraction of sp³-hybridized carbons (Fsp3) is 0. The first-order valence-corrected chi connectivity index (χ1v) is 6.59. The molecule has 2 aromatic rings. The molecule has 19 heavy (non-hydrogen) atoms. The summed E-state index contributed by atoms with van der Waals surface area (Å²) in [5.74, 6) is -1.10. The van der Waals surface area contributed by atoms with E-state index in [1.807, 2.05) is 0 Å². The van der Waals surface area contributed by atoms with Gasteiger partial charge in [-0.1, -0.05) is 58.5 Å². The Hall–Kier alpha value is -0.930. The molecule has 0 amide bonds. The van der Waals surface area contributed by atoms with Gasteiger partial charge >= 0.3 is 5.97 Å². The fourth-order valence-corrected chi connectivity index (χ4v) is 2.47. The molecule has 98 valence electrons. The van der Waals surface area contributed by atoms with Crippen LogP contribution in [-0.2, 0) is 0 Å². The van der Waals surface area contributed by atoms with Gasteiger partial charge in [-0.05, 0) is 23.8 Å². The molecule has 2 rings (SSSR count). The van der Waals surface area contributed by atoms with Gasteiger partial charge < -0.3 is 5.11 Å². The molecule has 0 bridgehead atoms. The maximum absolute atomic E-state index is 11.2. The summed E-state index contributed by atoms with van der Waals surface area (Å²) >= 11 is 23.7. The summed E-state index contributed by atoms with van der Waals surface area (Å²) in [4.78, 5) is 11.2. The van der Waals surface area contributed by atoms with Gasteiger partial charge in [0.05, 0.1) is 20.6 Å². The van der Waals surface area contributed by atoms with E-state index < -0.39 is 5.97 Å². The molecule has 0 aliphatic rings. The second kappa shape index (κ2) is 5.59. The maximum atomic E-state index is 11.2. The summed E-state index contributed by atoms with van der Waals surface area (Å²) in [6, 6.07) is 7.70. The third-order valence-corrected chi connectivity index (χ3v) is 4.07. The van der Waals surface area contributed by atoms with Crippen molar-refractivity contribution < 1.29 is 9.90 Å². The van der Waals surface area contributed by atoms with E-state index in [0.29, 0.717) is 21.2 Å². The zero-order chi connectivity index (χ0) is 14.2. The van der Waals surface area contributed by atoms with Crippen molar-refractivity contribution in [1.82, 2.24) is 0 Å². The quantitative estimate of drug-likeness (QED) is 0.718. The Bertz CT molecular complexity index is 668. The van der Waals surface area contributed by atoms with Crippen LogP contribution in [0.3, 0.4) is 0 Å². The van der Waals surface area contributed by atoms with E-state index in [2.05, 4.69) is 0 Å². The first-order valence-electron chi connectivity index (χ1n) is 5.08. The molecule has 0 aromatic heterocycles. The van der Waals surface area contributed by atoms with Gasteiger partial charge in [-0.25, -0.2) is 4.79 Å². The van der Waals surface area contributed by atoms with E-state index in [4.69, 9.17) is 46.4 Å². The van der Waals surface area contributed by atoms with Gasteiger partial charge in [-0.15, -0.1) is 0 Å². The number of aromatic carboxylic acids is 1. The minimum atomic E-state index is -1.10. The number of carbonyl (C=O) groups is 1. The largest absolute Gasteiger partial charge is 0.478 e. The van der Waals surface area contributed by atoms with E-state index >= 15 is 0 Å². The van der Waals surface area contributed by atoms with Crippen LogP contribution >= 0.6 is 46.4 Å². The monoisotopic (exact) mass is 334 g/mol. The van der Waals surface area contributed by atoms with Crippen LogP contribution in [0.25, 0.3) is 11.1 Å². The van der Waals surface area contributed by atoms with Crippen molar-refractivity contribution in [3.05, 3.63) is 56.0 Å². The Morgan fingerprint density at radius 1 is 0.895 bits per heavy atom. The SMILES string of the molecule is O=C(O)c1cc(Cl)ccc1-c1ccc(Cl)c(Cl)c1Cl. The van der Waals surface area contributed by atoms with E-state index in [1.165, 1.54) is 6.07 Å². The molecule has 0 aliphatic carbocycles. The zero-order valence-electron chi connectivity index (χ0n) is 9.25. The van der Waals surface area contributed by atoms with Crippen LogP contribution in [-0.4, -0.2) is 11.1 Å². The summed E-state index contributed by atoms with van der Waals surface area (Å²) in [6.45, 7) is 0. The van der Waals surface area contributed by atoms with Crippen LogP contribution < -0.4 is 0 Å². The van der Waals surface area contributed by atoms with E-state index in [0.717, 1.165) is 0 Å². The molecule has 2 aromatic carbocycles. The van der Waals surface area contributed by atoms with Crippen LogP contribution in [0.1, 0.15) is 10.4 Å². The summed E-state index contributed by atoms with van der Waals surface area (Å²) < 4.78 is 0. The highest BCUT2D eigenvalue weighted by atomic mass is 35.5. The molecule has 0 atom stereocenters. The highest BCUT2D eigenvalue weighted by Gasteiger charge is 2.17. The maximum Gasteiger partial charge on any atom is 0.336 e. The lowest BCUT2D eigenvalue weighted by molar-refractivity contribution is 0.0697. The minimum absolute atomic E-state index is 0.0489. The average Bonchev–Trinajstić information content (AvgIpc) is 2.37. The van der Waals surface area contributed by atoms with E-state index in [1.54, 1.807) is 24.3 Å². The Labute approximate surface area is 129 Å². The van der Waals surface area contributed by atoms with Crippen molar-refractivity contribution in [2.75, 3.05) is 0 Å². The molecule has 0 unspecified atom stereocenters. The second-order valence-corrected chi connectivity index (χ2v) is 5.32. The Morgan fingerprint density at radius 2 is 1.53 bits per heavy atom. The lowest BCUT2D eigenvalue weighted by atomic mass is 9.99. The number of benzene rings is 2. The fourth-order valence-electron chi connectivity index (χ4n) is 1.66. The standard InChI is InChI=1S/C13H6Cl4O2/c14-6-1-2-7(9(5-6)13(18)19)8-3-4-10(15)12(17)11(8)16/h1-5H,(H,18,19). The van der Waals surface area contributed by atoms with Crippen LogP contribution in [0.2, 0.25) is 20.1 Å². The predicted octanol–water partition coefficient (Wildman–Crippen LogP) is 5.67. The van der Waals surface area contributed by atoms with Gasteiger partial charge in [-0.3, -0.25) is 0 Å². The van der Waals surface area contributed by atoms with Crippen molar-refractivity contribution in [3.63, 3.8) is 0 Å². The van der Waals surface area contributed by atoms with E-state index in [9.17, 15) is 9.90 Å². The topological polar surface area (TPSA) is 37.3 Å². The molecule has 6 heteroatoms. The highest BCUT2D eigenvalue weighted by molar-refractivity contribution is 6.49. The van der Waals surface area contributed by atoms with Crippen LogP contribution in [0.4, 0.5) is 0 Å². The third kappa shape index (κ3) is 2.82. The lowest BCUT2D eigenvalue weighted by Gasteiger charge is -2.10. The summed E-state index contributed by atoms with van der Waals surface area (Å²) in [6.07, 6.45) is 0. The van der Waals surface area contributed by atoms with Gasteiger partial charge in [0.25, 0.3) is 0 Å². The Morgan fingerprint density at radius 3 is 2.16 bits per heavy atom. The van der Waals surface area contributed by atoms with Crippen molar-refractivity contribution >= 4 is 52.4 Å². The predicted molar refractivity (Wildman–Crippen MR) is 78.9 cm³/mol. The molecule has 0 heterocycles. The van der Waals surface area contributed by atoms with Crippen molar-refractivity contribution in [3.8, 4) is 11.1 Å². The van der Waals surface area contributed by atoms with Gasteiger partial charge in [0.15, 0.2) is 0 Å². The molecule has 0 fully saturated rings. The number of carboxylic acid groups (broad SMARTS) is 1. The van der Waals surface area contributed by atoms with Crippen LogP contribution in [0, 0.1) is 0 Å². The normalized spacial score (nSPS) is 10.5. The Kier molecular flexibility index (Phi) is 4.26. The number of halogens is 4. The molecule has 0 aliphatic heterocycles. The number of rotatable bonds is 2. The molecule has 0 saturated heterocycles. The van der Waals surface area contributed by atoms with E-state index in [-0.39, 0.29) is 15.6 Å². The van der Waals surface area contributed by atoms with Crippen LogP contribution in [0.15, 0.2) is 30.3 Å². The van der Waals surface area contributed by atoms with Gasteiger partial charge in [0.1, 0.15) is 0 Å². The zero-order valence-corrected chi connectivity index (χ0v) is 12.3. The number of hydrogen-bond donors (Lipinski definition) is 1. The number of hydrogen-bond acceptors (Lipinski definition) is 1. The first kappa shape index (κ1) is 14.5. The number of carboxylic acids is 1. The van der Waals surface area contributed by atoms with Gasteiger partial charge in [-0.2, -0.15) is 0 Å². The lowest BCUT2D eigenvalue weighted by Crippen LogP contribution is -2.00. The molecule has 0 saturated carbocycles. The molecule has 2 nitrogen and oxygen atoms in total. The van der Waals surface area contributed by atoms with Gasteiger partial charge in [0.2, 0.25) is 0 Å². The van der Waals surface area contributed by atoms with Crippen molar-refractivity contribution in [1.29, 1.82) is 0 Å². The molecule has 0 spiro atoms. The Balaban J connectivity index is 2.72. The average molecular weight is 336 g/mol. The molecular weight excluding hydrogens is 330 g/mol. The molecule has 1 N–H and O–H groups in total. The smallest absolute Gasteiger partial charge is 0.336 e. The molecular formula is C13H6Cl4O2.